The predicted molar refractivity (Wildman–Crippen MR) is 190 cm³/mol. The van der Waals surface area contributed by atoms with Gasteiger partial charge in [-0.3, -0.25) is 0 Å². The Morgan fingerprint density at radius 3 is 1.04 bits per heavy atom. The number of hydrogen-bond acceptors (Lipinski definition) is 6. The Hall–Kier alpha value is -2.58. The van der Waals surface area contributed by atoms with Gasteiger partial charge in [0.25, 0.3) is 0 Å². The number of hydrogen-bond donors (Lipinski definition) is 6. The highest BCUT2D eigenvalue weighted by atomic mass is 16.4. The molecule has 6 atom stereocenters. The van der Waals surface area contributed by atoms with Gasteiger partial charge < -0.3 is 30.6 Å². The molecule has 0 amide bonds. The molecule has 256 valence electrons. The second-order valence-electron chi connectivity index (χ2n) is 15.4. The van der Waals surface area contributed by atoms with Crippen LogP contribution in [0, 0.1) is 10.8 Å². The molecule has 0 spiro atoms. The van der Waals surface area contributed by atoms with Crippen molar-refractivity contribution in [3.63, 3.8) is 0 Å². The monoisotopic (exact) mass is 636 g/mol. The van der Waals surface area contributed by atoms with Crippen molar-refractivity contribution in [3.05, 3.63) is 107 Å². The van der Waals surface area contributed by atoms with Gasteiger partial charge in [-0.1, -0.05) is 123 Å². The van der Waals surface area contributed by atoms with Crippen molar-refractivity contribution < 1.29 is 30.6 Å². The van der Waals surface area contributed by atoms with Crippen molar-refractivity contribution in [2.45, 2.75) is 130 Å². The van der Waals surface area contributed by atoms with Gasteiger partial charge in [0.15, 0.2) is 0 Å². The van der Waals surface area contributed by atoms with Crippen LogP contribution in [0.25, 0.3) is 0 Å². The molecule has 6 heteroatoms. The highest BCUT2D eigenvalue weighted by molar-refractivity contribution is 5.34. The number of rotatable bonds is 10. The summed E-state index contributed by atoms with van der Waals surface area (Å²) < 4.78 is 0. The minimum Gasteiger partial charge on any atom is -0.393 e. The van der Waals surface area contributed by atoms with Gasteiger partial charge in [0.05, 0.1) is 23.4 Å². The van der Waals surface area contributed by atoms with Crippen LogP contribution in [-0.2, 0) is 0 Å². The molecule has 0 radical (unpaired) electrons. The van der Waals surface area contributed by atoms with Gasteiger partial charge in [0.1, 0.15) is 11.2 Å². The summed E-state index contributed by atoms with van der Waals surface area (Å²) in [5.41, 5.74) is -3.18. The average Bonchev–Trinajstić information content (AvgIpc) is 2.89. The Bertz CT molecular complexity index is 1200. The minimum absolute atomic E-state index is 0.126. The highest BCUT2D eigenvalue weighted by Gasteiger charge is 2.59. The van der Waals surface area contributed by atoms with Crippen LogP contribution in [0.4, 0.5) is 0 Å². The molecular formula is C40H60O6. The fraction of sp³-hybridized carbons (Fsp3) is 0.550. The Morgan fingerprint density at radius 1 is 0.457 bits per heavy atom. The molecule has 0 aliphatic heterocycles. The van der Waals surface area contributed by atoms with Crippen molar-refractivity contribution in [2.24, 2.45) is 10.8 Å². The molecule has 6 N–H and O–H groups in total. The van der Waals surface area contributed by atoms with E-state index in [1.807, 2.05) is 128 Å². The van der Waals surface area contributed by atoms with Crippen LogP contribution in [0.2, 0.25) is 0 Å². The number of aliphatic hydroxyl groups excluding tert-OH is 2. The fourth-order valence-corrected chi connectivity index (χ4v) is 6.98. The van der Waals surface area contributed by atoms with E-state index in [0.29, 0.717) is 12.8 Å². The first-order valence-corrected chi connectivity index (χ1v) is 16.3. The topological polar surface area (TPSA) is 121 Å². The Labute approximate surface area is 278 Å². The Balaban J connectivity index is 1.97. The van der Waals surface area contributed by atoms with Crippen LogP contribution >= 0.6 is 0 Å². The van der Waals surface area contributed by atoms with E-state index in [2.05, 4.69) is 0 Å². The highest BCUT2D eigenvalue weighted by Crippen LogP contribution is 2.51. The van der Waals surface area contributed by atoms with E-state index in [4.69, 9.17) is 0 Å². The van der Waals surface area contributed by atoms with Crippen LogP contribution in [0.3, 0.4) is 0 Å². The van der Waals surface area contributed by atoms with Crippen molar-refractivity contribution >= 4 is 0 Å². The minimum atomic E-state index is -1.46. The lowest BCUT2D eigenvalue weighted by Gasteiger charge is -2.54. The van der Waals surface area contributed by atoms with Gasteiger partial charge in [0, 0.05) is 23.7 Å². The van der Waals surface area contributed by atoms with Gasteiger partial charge >= 0.3 is 0 Å². The lowest BCUT2D eigenvalue weighted by molar-refractivity contribution is -0.217. The quantitative estimate of drug-likeness (QED) is 0.146. The molecule has 2 aliphatic carbocycles. The zero-order chi connectivity index (χ0) is 35.2. The van der Waals surface area contributed by atoms with Gasteiger partial charge in [-0.25, -0.2) is 0 Å². The van der Waals surface area contributed by atoms with Gasteiger partial charge in [-0.15, -0.1) is 0 Å². The molecule has 2 aliphatic rings. The van der Waals surface area contributed by atoms with E-state index in [-0.39, 0.29) is 12.8 Å². The van der Waals surface area contributed by atoms with Gasteiger partial charge in [0.2, 0.25) is 0 Å². The predicted octanol–water partition coefficient (Wildman–Crippen LogP) is 6.88. The van der Waals surface area contributed by atoms with Crippen molar-refractivity contribution in [1.29, 1.82) is 0 Å². The summed E-state index contributed by atoms with van der Waals surface area (Å²) in [6.07, 6.45) is 26.5. The summed E-state index contributed by atoms with van der Waals surface area (Å²) in [4.78, 5) is 0. The average molecular weight is 637 g/mol. The standard InChI is InChI=1S/C40H60O6/c1-29(17-13-19-31(3)21-23-39(45)35(5,6)25-33(41)27-37(39,9)43)15-11-12-16-30(2)18-14-20-32(4)22-24-40(46)36(7,8)26-34(42)28-38(40,10)44/h11-24,33-34,41-46H,25-28H2,1-10H3/b12-11+,17-13+,18-14+,23-21+,24-22+,29-15+,30-16+,31-19+,32-20+/t33-,34-,37-,38-,39-,40-/m0/s1. The van der Waals surface area contributed by atoms with Crippen LogP contribution in [0.5, 0.6) is 0 Å². The van der Waals surface area contributed by atoms with E-state index in [9.17, 15) is 30.6 Å². The number of allylic oxidation sites excluding steroid dienone is 16. The number of aliphatic hydroxyl groups is 6. The molecular weight excluding hydrogens is 576 g/mol. The summed E-state index contributed by atoms with van der Waals surface area (Å²) in [5, 5.41) is 65.0. The van der Waals surface area contributed by atoms with Gasteiger partial charge in [-0.05, 0) is 66.5 Å². The zero-order valence-electron chi connectivity index (χ0n) is 29.7. The van der Waals surface area contributed by atoms with E-state index >= 15 is 0 Å². The fourth-order valence-electron chi connectivity index (χ4n) is 6.98. The molecule has 46 heavy (non-hydrogen) atoms. The summed E-state index contributed by atoms with van der Waals surface area (Å²) in [7, 11) is 0. The van der Waals surface area contributed by atoms with E-state index in [1.54, 1.807) is 26.0 Å². The molecule has 2 saturated carbocycles. The molecule has 0 bridgehead atoms. The summed E-state index contributed by atoms with van der Waals surface area (Å²) in [6.45, 7) is 18.5. The molecule has 0 unspecified atom stereocenters. The first-order chi connectivity index (χ1) is 21.0. The summed E-state index contributed by atoms with van der Waals surface area (Å²) >= 11 is 0. The third-order valence-corrected chi connectivity index (χ3v) is 9.90. The molecule has 0 aromatic heterocycles. The molecule has 0 saturated heterocycles. The zero-order valence-corrected chi connectivity index (χ0v) is 29.7. The van der Waals surface area contributed by atoms with Crippen LogP contribution in [0.1, 0.15) is 94.9 Å². The first-order valence-electron chi connectivity index (χ1n) is 16.3. The van der Waals surface area contributed by atoms with Crippen molar-refractivity contribution in [2.75, 3.05) is 0 Å². The van der Waals surface area contributed by atoms with Crippen LogP contribution < -0.4 is 0 Å². The largest absolute Gasteiger partial charge is 0.393 e. The lowest BCUT2D eigenvalue weighted by Crippen LogP contribution is -2.65. The maximum Gasteiger partial charge on any atom is 0.117 e. The molecule has 0 heterocycles. The van der Waals surface area contributed by atoms with Gasteiger partial charge in [-0.2, -0.15) is 0 Å². The van der Waals surface area contributed by atoms with Crippen molar-refractivity contribution in [3.8, 4) is 0 Å². The molecule has 0 aromatic carbocycles. The van der Waals surface area contributed by atoms with E-state index in [1.165, 1.54) is 0 Å². The third-order valence-electron chi connectivity index (χ3n) is 9.90. The Kier molecular flexibility index (Phi) is 13.0. The first kappa shape index (κ1) is 39.6. The maximum atomic E-state index is 11.4. The van der Waals surface area contributed by atoms with Crippen LogP contribution in [-0.4, -0.2) is 65.3 Å². The second-order valence-corrected chi connectivity index (χ2v) is 15.4. The SMILES string of the molecule is CC(/C=C/C=C(C)/C=C/[C@]1(O)C(C)(C)C[C@H](O)C[C@]1(C)O)=C\C=C\C=C(C)\C=C\C=C(C)\C=C\[C@]1(O)C(C)(C)C[C@H](O)C[C@]1(C)O. The molecule has 2 rings (SSSR count). The smallest absolute Gasteiger partial charge is 0.117 e. The third kappa shape index (κ3) is 9.50. The Morgan fingerprint density at radius 2 is 0.739 bits per heavy atom. The molecule has 0 aromatic rings. The van der Waals surface area contributed by atoms with E-state index < -0.39 is 45.4 Å². The maximum absolute atomic E-state index is 11.4. The summed E-state index contributed by atoms with van der Waals surface area (Å²) in [5.74, 6) is 0. The van der Waals surface area contributed by atoms with Crippen LogP contribution in [0.15, 0.2) is 107 Å². The normalized spacial score (nSPS) is 36.7. The van der Waals surface area contributed by atoms with Crippen molar-refractivity contribution in [1.82, 2.24) is 0 Å². The summed E-state index contributed by atoms with van der Waals surface area (Å²) in [6, 6.07) is 0. The molecule has 2 fully saturated rings. The lowest BCUT2D eigenvalue weighted by atomic mass is 9.57. The molecule has 6 nitrogen and oxygen atoms in total. The van der Waals surface area contributed by atoms with E-state index in [0.717, 1.165) is 22.3 Å². The second kappa shape index (κ2) is 15.1.